The van der Waals surface area contributed by atoms with E-state index in [1.165, 1.54) is 12.1 Å². The molecule has 0 fully saturated rings. The topological polar surface area (TPSA) is 154 Å². The molecule has 0 saturated heterocycles. The third-order valence-electron chi connectivity index (χ3n) is 5.81. The van der Waals surface area contributed by atoms with E-state index in [1.807, 2.05) is 0 Å². The first-order valence-electron chi connectivity index (χ1n) is 16.6. The molecule has 288 valence electrons. The predicted molar refractivity (Wildman–Crippen MR) is 175 cm³/mol. The molecule has 0 heterocycles. The van der Waals surface area contributed by atoms with Crippen LogP contribution in [0, 0.1) is 0 Å². The average Bonchev–Trinajstić information content (AvgIpc) is 3.11. The molecule has 1 aromatic carbocycles. The van der Waals surface area contributed by atoms with Gasteiger partial charge in [0.2, 0.25) is 0 Å². The van der Waals surface area contributed by atoms with Crippen LogP contribution >= 0.6 is 0 Å². The van der Waals surface area contributed by atoms with Crippen LogP contribution in [0.15, 0.2) is 35.2 Å². The molecule has 0 unspecified atom stereocenters. The molecular formula is C32H57FO15S. The maximum atomic E-state index is 12.0. The molecule has 0 amide bonds. The molecule has 1 aromatic rings. The molecule has 0 aliphatic heterocycles. The van der Waals surface area contributed by atoms with E-state index in [1.54, 1.807) is 18.2 Å². The van der Waals surface area contributed by atoms with E-state index in [9.17, 15) is 12.8 Å². The number of halogens is 1. The van der Waals surface area contributed by atoms with E-state index in [4.69, 9.17) is 61.0 Å². The number of alkyl halides is 1. The summed E-state index contributed by atoms with van der Waals surface area (Å²) in [5.74, 6) is 0. The van der Waals surface area contributed by atoms with Crippen LogP contribution in [0.1, 0.15) is 0 Å². The Hall–Kier alpha value is -1.42. The first kappa shape index (κ1) is 45.6. The van der Waals surface area contributed by atoms with E-state index >= 15 is 0 Å². The highest BCUT2D eigenvalue weighted by Gasteiger charge is 2.13. The normalized spacial score (nSPS) is 11.9. The fraction of sp³-hybridized carbons (Fsp3) is 0.812. The Morgan fingerprint density at radius 3 is 0.816 bits per heavy atom. The molecular weight excluding hydrogens is 675 g/mol. The highest BCUT2D eigenvalue weighted by Crippen LogP contribution is 2.10. The Morgan fingerprint density at radius 1 is 0.347 bits per heavy atom. The highest BCUT2D eigenvalue weighted by atomic mass is 32.2. The number of hydrogen-bond donors (Lipinski definition) is 0. The summed E-state index contributed by atoms with van der Waals surface area (Å²) in [5, 5.41) is 0. The van der Waals surface area contributed by atoms with Crippen molar-refractivity contribution in [1.82, 2.24) is 0 Å². The zero-order chi connectivity index (χ0) is 35.2. The second-order valence-corrected chi connectivity index (χ2v) is 11.2. The van der Waals surface area contributed by atoms with Crippen LogP contribution in [-0.4, -0.2) is 180 Å². The lowest BCUT2D eigenvalue weighted by atomic mass is 10.4. The van der Waals surface area contributed by atoms with Gasteiger partial charge in [-0.15, -0.1) is 0 Å². The van der Waals surface area contributed by atoms with E-state index < -0.39 is 16.8 Å². The lowest BCUT2D eigenvalue weighted by molar-refractivity contribution is -0.0285. The van der Waals surface area contributed by atoms with Crippen LogP contribution < -0.4 is 0 Å². The maximum absolute atomic E-state index is 12.0. The minimum Gasteiger partial charge on any atom is -0.377 e. The van der Waals surface area contributed by atoms with Crippen molar-refractivity contribution in [3.8, 4) is 0 Å². The summed E-state index contributed by atoms with van der Waals surface area (Å²) in [5.41, 5.74) is 0. The fourth-order valence-corrected chi connectivity index (χ4v) is 4.35. The van der Waals surface area contributed by atoms with Crippen LogP contribution in [0.2, 0.25) is 0 Å². The molecule has 0 bridgehead atoms. The van der Waals surface area contributed by atoms with Crippen molar-refractivity contribution in [3.63, 3.8) is 0 Å². The zero-order valence-corrected chi connectivity index (χ0v) is 29.5. The molecule has 0 N–H and O–H groups in total. The van der Waals surface area contributed by atoms with Crippen molar-refractivity contribution in [2.45, 2.75) is 4.90 Å². The highest BCUT2D eigenvalue weighted by molar-refractivity contribution is 7.86. The monoisotopic (exact) mass is 732 g/mol. The predicted octanol–water partition coefficient (Wildman–Crippen LogP) is 1.56. The van der Waals surface area contributed by atoms with Gasteiger partial charge in [0.25, 0.3) is 10.1 Å². The van der Waals surface area contributed by atoms with Crippen LogP contribution in [0.4, 0.5) is 4.39 Å². The SMILES string of the molecule is O=S(=O)(OCCOCCOCCOCCOCCOCCOCCOCCOCCOCCOCCOCCOCCF)c1ccccc1. The van der Waals surface area contributed by atoms with E-state index in [0.29, 0.717) is 145 Å². The first-order valence-corrected chi connectivity index (χ1v) is 18.0. The summed E-state index contributed by atoms with van der Waals surface area (Å²) in [7, 11) is -3.76. The van der Waals surface area contributed by atoms with Crippen LogP contribution in [0.25, 0.3) is 0 Å². The smallest absolute Gasteiger partial charge is 0.297 e. The fourth-order valence-electron chi connectivity index (χ4n) is 3.43. The van der Waals surface area contributed by atoms with Gasteiger partial charge in [0.1, 0.15) is 6.67 Å². The van der Waals surface area contributed by atoms with Gasteiger partial charge < -0.3 is 56.8 Å². The summed E-state index contributed by atoms with van der Waals surface area (Å²) in [6.45, 7) is 9.61. The van der Waals surface area contributed by atoms with Gasteiger partial charge in [0, 0.05) is 0 Å². The number of ether oxygens (including phenoxy) is 12. The van der Waals surface area contributed by atoms with E-state index in [2.05, 4.69) is 0 Å². The van der Waals surface area contributed by atoms with Gasteiger partial charge in [-0.2, -0.15) is 8.42 Å². The number of rotatable bonds is 40. The summed E-state index contributed by atoms with van der Waals surface area (Å²) in [4.78, 5) is 0.117. The second-order valence-electron chi connectivity index (χ2n) is 9.63. The minimum atomic E-state index is -3.76. The van der Waals surface area contributed by atoms with Gasteiger partial charge in [0.15, 0.2) is 0 Å². The molecule has 0 radical (unpaired) electrons. The zero-order valence-electron chi connectivity index (χ0n) is 28.7. The largest absolute Gasteiger partial charge is 0.377 e. The Balaban J connectivity index is 1.65. The summed E-state index contributed by atoms with van der Waals surface area (Å²) in [6, 6.07) is 7.96. The second kappa shape index (κ2) is 36.4. The summed E-state index contributed by atoms with van der Waals surface area (Å²) >= 11 is 0. The molecule has 15 nitrogen and oxygen atoms in total. The quantitative estimate of drug-likeness (QED) is 0.0708. The third kappa shape index (κ3) is 32.2. The van der Waals surface area contributed by atoms with Crippen molar-refractivity contribution in [2.75, 3.05) is 172 Å². The van der Waals surface area contributed by atoms with Crippen LogP contribution in [-0.2, 0) is 71.1 Å². The molecule has 0 aromatic heterocycles. The van der Waals surface area contributed by atoms with Gasteiger partial charge in [0.05, 0.1) is 170 Å². The van der Waals surface area contributed by atoms with Gasteiger partial charge in [-0.3, -0.25) is 4.18 Å². The van der Waals surface area contributed by atoms with Crippen LogP contribution in [0.3, 0.4) is 0 Å². The van der Waals surface area contributed by atoms with Gasteiger partial charge >= 0.3 is 0 Å². The van der Waals surface area contributed by atoms with Crippen molar-refractivity contribution >= 4 is 10.1 Å². The lowest BCUT2D eigenvalue weighted by Gasteiger charge is -2.09. The molecule has 1 rings (SSSR count). The molecule has 49 heavy (non-hydrogen) atoms. The molecule has 0 atom stereocenters. The Morgan fingerprint density at radius 2 is 0.571 bits per heavy atom. The van der Waals surface area contributed by atoms with E-state index in [0.717, 1.165) is 0 Å². The average molecular weight is 733 g/mol. The van der Waals surface area contributed by atoms with E-state index in [-0.39, 0.29) is 24.7 Å². The molecule has 17 heteroatoms. The number of hydrogen-bond acceptors (Lipinski definition) is 15. The Kier molecular flexibility index (Phi) is 33.9. The van der Waals surface area contributed by atoms with Crippen molar-refractivity contribution in [3.05, 3.63) is 30.3 Å². The Bertz CT molecular complexity index is 902. The Labute approximate surface area is 290 Å². The van der Waals surface area contributed by atoms with Crippen molar-refractivity contribution in [2.24, 2.45) is 0 Å². The third-order valence-corrected chi connectivity index (χ3v) is 7.14. The van der Waals surface area contributed by atoms with Crippen molar-refractivity contribution < 1.29 is 73.8 Å². The standard InChI is InChI=1S/C32H57FO15S/c33-6-7-36-8-9-37-10-11-38-12-13-39-14-15-40-16-17-41-18-19-42-20-21-43-22-23-44-24-25-45-26-27-46-28-29-47-30-31-48-49(34,35)32-4-2-1-3-5-32/h1-5H,6-31H2. The summed E-state index contributed by atoms with van der Waals surface area (Å²) < 4.78 is 105. The van der Waals surface area contributed by atoms with Gasteiger partial charge in [-0.05, 0) is 12.1 Å². The maximum Gasteiger partial charge on any atom is 0.297 e. The minimum absolute atomic E-state index is 0.0631. The van der Waals surface area contributed by atoms with Crippen molar-refractivity contribution in [1.29, 1.82) is 0 Å². The number of benzene rings is 1. The summed E-state index contributed by atoms with van der Waals surface area (Å²) in [6.07, 6.45) is 0. The van der Waals surface area contributed by atoms with Crippen LogP contribution in [0.5, 0.6) is 0 Å². The molecule has 0 saturated carbocycles. The molecule has 0 aliphatic carbocycles. The van der Waals surface area contributed by atoms with Gasteiger partial charge in [-0.25, -0.2) is 4.39 Å². The molecule has 0 spiro atoms. The lowest BCUT2D eigenvalue weighted by Crippen LogP contribution is -2.16. The van der Waals surface area contributed by atoms with Gasteiger partial charge in [-0.1, -0.05) is 18.2 Å². The molecule has 0 aliphatic rings. The first-order chi connectivity index (χ1) is 24.2.